The van der Waals surface area contributed by atoms with Crippen LogP contribution in [0.2, 0.25) is 0 Å². The lowest BCUT2D eigenvalue weighted by molar-refractivity contribution is -0.132. The van der Waals surface area contributed by atoms with Crippen LogP contribution in [0.5, 0.6) is 0 Å². The van der Waals surface area contributed by atoms with Crippen molar-refractivity contribution in [1.82, 2.24) is 16.0 Å². The third kappa shape index (κ3) is 5.01. The number of ketones is 1. The van der Waals surface area contributed by atoms with E-state index in [2.05, 4.69) is 40.2 Å². The van der Waals surface area contributed by atoms with Gasteiger partial charge in [0.1, 0.15) is 12.1 Å². The van der Waals surface area contributed by atoms with Crippen molar-refractivity contribution < 1.29 is 14.3 Å². The molecule has 2 aromatic carbocycles. The highest BCUT2D eigenvalue weighted by Crippen LogP contribution is 2.46. The lowest BCUT2D eigenvalue weighted by atomic mass is 9.74. The molecule has 7 nitrogen and oxygen atoms in total. The summed E-state index contributed by atoms with van der Waals surface area (Å²) in [6.45, 7) is 3.73. The number of hydrogen-bond acceptors (Lipinski definition) is 6. The fraction of sp³-hybridized carbons (Fsp3) is 0.464. The first-order chi connectivity index (χ1) is 17.1. The number of carbonyl (C=O) groups excluding carboxylic acids is 2. The second-order valence-electron chi connectivity index (χ2n) is 9.90. The molecule has 2 aliphatic heterocycles. The second kappa shape index (κ2) is 10.3. The third-order valence-corrected chi connectivity index (χ3v) is 7.59. The average molecular weight is 473 g/mol. The summed E-state index contributed by atoms with van der Waals surface area (Å²) >= 11 is 0. The molecule has 2 fully saturated rings. The monoisotopic (exact) mass is 472 g/mol. The maximum atomic E-state index is 12.7. The van der Waals surface area contributed by atoms with E-state index in [1.807, 2.05) is 24.3 Å². The molecule has 182 valence electrons. The molecule has 1 amide bonds. The SMILES string of the molecule is N#C[C@H](Cc1ccc(-c2ccc3c(c2)C2(CCNCC2)CC3=O)cc1)NC(=O)[C@@H]1CNCCCO1. The van der Waals surface area contributed by atoms with E-state index >= 15 is 0 Å². The highest BCUT2D eigenvalue weighted by molar-refractivity contribution is 6.02. The van der Waals surface area contributed by atoms with Gasteiger partial charge >= 0.3 is 0 Å². The van der Waals surface area contributed by atoms with Crippen LogP contribution in [0.15, 0.2) is 42.5 Å². The van der Waals surface area contributed by atoms with Gasteiger partial charge in [0.2, 0.25) is 0 Å². The van der Waals surface area contributed by atoms with Gasteiger partial charge in [0.05, 0.1) is 6.07 Å². The molecule has 5 rings (SSSR count). The van der Waals surface area contributed by atoms with Crippen molar-refractivity contribution in [3.05, 3.63) is 59.2 Å². The van der Waals surface area contributed by atoms with Gasteiger partial charge < -0.3 is 20.7 Å². The highest BCUT2D eigenvalue weighted by Gasteiger charge is 2.43. The molecule has 0 bridgehead atoms. The summed E-state index contributed by atoms with van der Waals surface area (Å²) < 4.78 is 5.60. The molecule has 0 saturated carbocycles. The van der Waals surface area contributed by atoms with E-state index in [1.54, 1.807) is 0 Å². The van der Waals surface area contributed by atoms with Crippen LogP contribution >= 0.6 is 0 Å². The third-order valence-electron chi connectivity index (χ3n) is 7.59. The Kier molecular flexibility index (Phi) is 6.96. The largest absolute Gasteiger partial charge is 0.367 e. The van der Waals surface area contributed by atoms with Crippen molar-refractivity contribution in [1.29, 1.82) is 5.26 Å². The number of nitrogens with one attached hydrogen (secondary N) is 3. The predicted octanol–water partition coefficient (Wildman–Crippen LogP) is 2.49. The maximum absolute atomic E-state index is 12.7. The molecule has 35 heavy (non-hydrogen) atoms. The number of ether oxygens (including phenoxy) is 1. The Hall–Kier alpha value is -3.05. The molecular formula is C28H32N4O3. The number of rotatable bonds is 5. The summed E-state index contributed by atoms with van der Waals surface area (Å²) in [5, 5.41) is 19.0. The molecule has 2 aromatic rings. The van der Waals surface area contributed by atoms with Gasteiger partial charge in [-0.15, -0.1) is 0 Å². The summed E-state index contributed by atoms with van der Waals surface area (Å²) in [7, 11) is 0. The Bertz CT molecular complexity index is 1120. The summed E-state index contributed by atoms with van der Waals surface area (Å²) in [6, 6.07) is 15.9. The van der Waals surface area contributed by atoms with Crippen LogP contribution in [0.3, 0.4) is 0 Å². The predicted molar refractivity (Wildman–Crippen MR) is 133 cm³/mol. The molecule has 2 saturated heterocycles. The number of fused-ring (bicyclic) bond motifs is 2. The van der Waals surface area contributed by atoms with Gasteiger partial charge in [-0.25, -0.2) is 0 Å². The van der Waals surface area contributed by atoms with Gasteiger partial charge in [-0.3, -0.25) is 9.59 Å². The van der Waals surface area contributed by atoms with Gasteiger partial charge in [-0.05, 0) is 67.2 Å². The maximum Gasteiger partial charge on any atom is 0.251 e. The molecule has 7 heteroatoms. The highest BCUT2D eigenvalue weighted by atomic mass is 16.5. The molecule has 3 N–H and O–H groups in total. The van der Waals surface area contributed by atoms with Crippen molar-refractivity contribution >= 4 is 11.7 Å². The van der Waals surface area contributed by atoms with Crippen molar-refractivity contribution in [3.63, 3.8) is 0 Å². The normalized spacial score (nSPS) is 22.1. The van der Waals surface area contributed by atoms with Crippen LogP contribution in [0.4, 0.5) is 0 Å². The lowest BCUT2D eigenvalue weighted by Crippen LogP contribution is -2.46. The minimum absolute atomic E-state index is 0.0254. The minimum Gasteiger partial charge on any atom is -0.367 e. The number of hydrogen-bond donors (Lipinski definition) is 3. The summed E-state index contributed by atoms with van der Waals surface area (Å²) in [6.07, 6.45) is 3.35. The molecule has 0 radical (unpaired) electrons. The topological polar surface area (TPSA) is 103 Å². The fourth-order valence-electron chi connectivity index (χ4n) is 5.60. The standard InChI is InChI=1S/C28H32N4O3/c29-17-22(32-27(34)26-18-31-10-1-13-35-26)14-19-2-4-20(5-3-19)21-6-7-23-24(15-21)28(16-25(23)33)8-11-30-12-9-28/h2-7,15,22,26,30-31H,1,8-14,16,18H2,(H,32,34)/t22-,26-/m0/s1. The summed E-state index contributed by atoms with van der Waals surface area (Å²) in [5.74, 6) is 0.0144. The van der Waals surface area contributed by atoms with Crippen molar-refractivity contribution in [3.8, 4) is 17.2 Å². The first-order valence-electron chi connectivity index (χ1n) is 12.6. The van der Waals surface area contributed by atoms with Crippen LogP contribution in [0.25, 0.3) is 11.1 Å². The zero-order chi connectivity index (χ0) is 24.3. The van der Waals surface area contributed by atoms with Crippen LogP contribution < -0.4 is 16.0 Å². The van der Waals surface area contributed by atoms with Gasteiger partial charge in [-0.1, -0.05) is 36.4 Å². The Balaban J connectivity index is 1.28. The average Bonchev–Trinajstić information content (AvgIpc) is 3.05. The van der Waals surface area contributed by atoms with Crippen molar-refractivity contribution in [2.24, 2.45) is 0 Å². The van der Waals surface area contributed by atoms with Crippen LogP contribution in [0, 0.1) is 11.3 Å². The molecule has 0 aromatic heterocycles. The summed E-state index contributed by atoms with van der Waals surface area (Å²) in [5.41, 5.74) is 5.22. The molecule has 1 spiro atoms. The Morgan fingerprint density at radius 2 is 1.89 bits per heavy atom. The van der Waals surface area contributed by atoms with Gasteiger partial charge in [0.15, 0.2) is 5.78 Å². The molecule has 2 atom stereocenters. The number of amides is 1. The Morgan fingerprint density at radius 3 is 2.66 bits per heavy atom. The smallest absolute Gasteiger partial charge is 0.251 e. The van der Waals surface area contributed by atoms with Crippen LogP contribution in [-0.2, 0) is 21.4 Å². The van der Waals surface area contributed by atoms with E-state index in [4.69, 9.17) is 4.74 Å². The molecule has 0 unspecified atom stereocenters. The first-order valence-corrected chi connectivity index (χ1v) is 12.6. The summed E-state index contributed by atoms with van der Waals surface area (Å²) in [4.78, 5) is 25.2. The van der Waals surface area contributed by atoms with E-state index < -0.39 is 12.1 Å². The number of nitrogens with zero attached hydrogens (tertiary/aromatic N) is 1. The number of piperidine rings is 1. The zero-order valence-electron chi connectivity index (χ0n) is 19.9. The van der Waals surface area contributed by atoms with E-state index in [0.29, 0.717) is 26.0 Å². The van der Waals surface area contributed by atoms with Crippen LogP contribution in [0.1, 0.15) is 47.2 Å². The van der Waals surface area contributed by atoms with Crippen molar-refractivity contribution in [2.45, 2.75) is 49.7 Å². The van der Waals surface area contributed by atoms with E-state index in [1.165, 1.54) is 5.56 Å². The first kappa shape index (κ1) is 23.7. The fourth-order valence-corrected chi connectivity index (χ4v) is 5.60. The number of nitriles is 1. The number of carbonyl (C=O) groups is 2. The Morgan fingerprint density at radius 1 is 1.11 bits per heavy atom. The van der Waals surface area contributed by atoms with Gasteiger partial charge in [0, 0.05) is 37.0 Å². The van der Waals surface area contributed by atoms with E-state index in [0.717, 1.165) is 61.2 Å². The van der Waals surface area contributed by atoms with Gasteiger partial charge in [0.25, 0.3) is 5.91 Å². The number of benzene rings is 2. The van der Waals surface area contributed by atoms with Gasteiger partial charge in [-0.2, -0.15) is 5.26 Å². The minimum atomic E-state index is -0.619. The molecule has 1 aliphatic carbocycles. The van der Waals surface area contributed by atoms with E-state index in [9.17, 15) is 14.9 Å². The molecule has 3 aliphatic rings. The molecular weight excluding hydrogens is 440 g/mol. The number of Topliss-reactive ketones (excluding diaryl/α,β-unsaturated/α-hetero) is 1. The quantitative estimate of drug-likeness (QED) is 0.618. The Labute approximate surface area is 206 Å². The lowest BCUT2D eigenvalue weighted by Gasteiger charge is -2.34. The van der Waals surface area contributed by atoms with Crippen molar-refractivity contribution in [2.75, 3.05) is 32.8 Å². The second-order valence-corrected chi connectivity index (χ2v) is 9.90. The zero-order valence-corrected chi connectivity index (χ0v) is 19.9. The molecule has 2 heterocycles. The van der Waals surface area contributed by atoms with Crippen LogP contribution in [-0.4, -0.2) is 56.6 Å². The van der Waals surface area contributed by atoms with E-state index in [-0.39, 0.29) is 17.1 Å².